The van der Waals surface area contributed by atoms with E-state index in [2.05, 4.69) is 4.98 Å². The van der Waals surface area contributed by atoms with Crippen molar-refractivity contribution >= 4 is 26.7 Å². The average Bonchev–Trinajstić information content (AvgIpc) is 3.36. The molecular formula is C25H24F3N5O4S. The second-order valence-corrected chi connectivity index (χ2v) is 11.0. The van der Waals surface area contributed by atoms with Crippen molar-refractivity contribution in [2.75, 3.05) is 31.1 Å². The molecule has 2 aromatic heterocycles. The molecule has 0 spiro atoms. The molecule has 200 valence electrons. The molecule has 0 unspecified atom stereocenters. The van der Waals surface area contributed by atoms with Gasteiger partial charge in [-0.25, -0.2) is 13.2 Å². The van der Waals surface area contributed by atoms with Gasteiger partial charge in [0.25, 0.3) is 5.56 Å². The summed E-state index contributed by atoms with van der Waals surface area (Å²) in [6.07, 6.45) is -4.41. The number of nitrogens with one attached hydrogen (secondary N) is 1. The Morgan fingerprint density at radius 1 is 0.842 bits per heavy atom. The molecule has 1 saturated heterocycles. The summed E-state index contributed by atoms with van der Waals surface area (Å²) in [5, 5.41) is 0. The molecule has 1 N–H and O–H groups in total. The van der Waals surface area contributed by atoms with Crippen molar-refractivity contribution in [3.8, 4) is 11.3 Å². The van der Waals surface area contributed by atoms with Gasteiger partial charge in [-0.15, -0.1) is 0 Å². The standard InChI is InChI=1S/C25H24F3N5O4S/c1-30-21-15-20(29-22(21)23(34)31(2)24(30)35)16-3-9-19(10-4-16)38(36,37)33-13-11-32(12-14-33)18-7-5-17(6-8-18)25(26,27)28/h3-10,15,29H,11-14H2,1-2H3. The Morgan fingerprint density at radius 2 is 1.45 bits per heavy atom. The van der Waals surface area contributed by atoms with Crippen LogP contribution >= 0.6 is 0 Å². The third-order valence-corrected chi connectivity index (χ3v) is 8.76. The summed E-state index contributed by atoms with van der Waals surface area (Å²) >= 11 is 0. The Bertz CT molecular complexity index is 1730. The summed E-state index contributed by atoms with van der Waals surface area (Å²) < 4.78 is 68.7. The van der Waals surface area contributed by atoms with Crippen LogP contribution in [0.3, 0.4) is 0 Å². The number of benzene rings is 2. The van der Waals surface area contributed by atoms with E-state index in [1.165, 1.54) is 40.2 Å². The third-order valence-electron chi connectivity index (χ3n) is 6.85. The Hall–Kier alpha value is -3.84. The first-order valence-electron chi connectivity index (χ1n) is 11.7. The highest BCUT2D eigenvalue weighted by Gasteiger charge is 2.31. The van der Waals surface area contributed by atoms with Gasteiger partial charge in [-0.3, -0.25) is 13.9 Å². The monoisotopic (exact) mass is 547 g/mol. The van der Waals surface area contributed by atoms with Gasteiger partial charge in [0.05, 0.1) is 16.0 Å². The number of aromatic amines is 1. The molecule has 2 aromatic carbocycles. The van der Waals surface area contributed by atoms with Crippen LogP contribution in [0.5, 0.6) is 0 Å². The van der Waals surface area contributed by atoms with Crippen molar-refractivity contribution in [2.24, 2.45) is 14.1 Å². The van der Waals surface area contributed by atoms with Crippen LogP contribution in [-0.4, -0.2) is 53.0 Å². The van der Waals surface area contributed by atoms with Crippen molar-refractivity contribution in [2.45, 2.75) is 11.1 Å². The van der Waals surface area contributed by atoms with Gasteiger partial charge >= 0.3 is 11.9 Å². The van der Waals surface area contributed by atoms with Gasteiger partial charge in [0, 0.05) is 51.7 Å². The van der Waals surface area contributed by atoms with Crippen LogP contribution in [0.1, 0.15) is 5.56 Å². The summed E-state index contributed by atoms with van der Waals surface area (Å²) in [7, 11) is -0.832. The summed E-state index contributed by atoms with van der Waals surface area (Å²) in [4.78, 5) is 29.6. The summed E-state index contributed by atoms with van der Waals surface area (Å²) in [5.41, 5.74) is 0.879. The topological polar surface area (TPSA) is 100 Å². The molecule has 0 atom stereocenters. The number of rotatable bonds is 4. The fourth-order valence-corrected chi connectivity index (χ4v) is 6.03. The van der Waals surface area contributed by atoms with Gasteiger partial charge in [0.1, 0.15) is 5.52 Å². The first-order chi connectivity index (χ1) is 17.9. The molecular weight excluding hydrogens is 523 g/mol. The lowest BCUT2D eigenvalue weighted by Gasteiger charge is -2.35. The van der Waals surface area contributed by atoms with Gasteiger partial charge in [0.15, 0.2) is 0 Å². The molecule has 0 saturated carbocycles. The van der Waals surface area contributed by atoms with E-state index in [9.17, 15) is 31.2 Å². The van der Waals surface area contributed by atoms with Crippen LogP contribution in [0.2, 0.25) is 0 Å². The van der Waals surface area contributed by atoms with E-state index in [4.69, 9.17) is 0 Å². The van der Waals surface area contributed by atoms with E-state index < -0.39 is 33.0 Å². The zero-order valence-electron chi connectivity index (χ0n) is 20.5. The summed E-state index contributed by atoms with van der Waals surface area (Å²) in [6.45, 7) is 1.05. The smallest absolute Gasteiger partial charge is 0.369 e. The van der Waals surface area contributed by atoms with Crippen molar-refractivity contribution in [3.05, 3.63) is 81.0 Å². The summed E-state index contributed by atoms with van der Waals surface area (Å²) in [6, 6.07) is 12.7. The highest BCUT2D eigenvalue weighted by atomic mass is 32.2. The van der Waals surface area contributed by atoms with E-state index in [1.54, 1.807) is 25.2 Å². The molecule has 3 heterocycles. The van der Waals surface area contributed by atoms with E-state index in [0.717, 1.165) is 16.7 Å². The number of fused-ring (bicyclic) bond motifs is 1. The molecule has 9 nitrogen and oxygen atoms in total. The number of halogens is 3. The second-order valence-electron chi connectivity index (χ2n) is 9.11. The first kappa shape index (κ1) is 25.8. The van der Waals surface area contributed by atoms with Gasteiger partial charge in [-0.05, 0) is 48.0 Å². The molecule has 1 aliphatic rings. The first-order valence-corrected chi connectivity index (χ1v) is 13.1. The lowest BCUT2D eigenvalue weighted by Crippen LogP contribution is -2.48. The van der Waals surface area contributed by atoms with E-state index in [-0.39, 0.29) is 23.5 Å². The Morgan fingerprint density at radius 3 is 2.03 bits per heavy atom. The quantitative estimate of drug-likeness (QED) is 0.424. The number of alkyl halides is 3. The molecule has 0 bridgehead atoms. The predicted molar refractivity (Wildman–Crippen MR) is 137 cm³/mol. The van der Waals surface area contributed by atoms with Gasteiger partial charge in [0.2, 0.25) is 10.0 Å². The highest BCUT2D eigenvalue weighted by Crippen LogP contribution is 2.31. The maximum Gasteiger partial charge on any atom is 0.416 e. The van der Waals surface area contributed by atoms with Crippen molar-refractivity contribution < 1.29 is 21.6 Å². The number of nitrogens with zero attached hydrogens (tertiary/aromatic N) is 4. The molecule has 1 aliphatic heterocycles. The number of piperazine rings is 1. The SMILES string of the molecule is Cn1c(=O)c2[nH]c(-c3ccc(S(=O)(=O)N4CCN(c5ccc(C(F)(F)F)cc5)CC4)cc3)cc2n(C)c1=O. The number of hydrogen-bond donors (Lipinski definition) is 1. The van der Waals surface area contributed by atoms with E-state index in [0.29, 0.717) is 35.6 Å². The van der Waals surface area contributed by atoms with Gasteiger partial charge in [-0.1, -0.05) is 12.1 Å². The normalized spacial score (nSPS) is 15.3. The van der Waals surface area contributed by atoms with Crippen molar-refractivity contribution in [1.82, 2.24) is 18.4 Å². The van der Waals surface area contributed by atoms with Gasteiger partial charge in [-0.2, -0.15) is 17.5 Å². The Kier molecular flexibility index (Phi) is 6.22. The van der Waals surface area contributed by atoms with Crippen LogP contribution in [-0.2, 0) is 30.3 Å². The third kappa shape index (κ3) is 4.41. The Balaban J connectivity index is 1.32. The molecule has 13 heteroatoms. The molecule has 38 heavy (non-hydrogen) atoms. The van der Waals surface area contributed by atoms with E-state index in [1.807, 2.05) is 4.90 Å². The zero-order chi connectivity index (χ0) is 27.4. The molecule has 4 aromatic rings. The minimum Gasteiger partial charge on any atom is -0.369 e. The van der Waals surface area contributed by atoms with Crippen LogP contribution in [0.4, 0.5) is 18.9 Å². The lowest BCUT2D eigenvalue weighted by molar-refractivity contribution is -0.137. The fourth-order valence-electron chi connectivity index (χ4n) is 4.61. The maximum atomic E-state index is 13.2. The van der Waals surface area contributed by atoms with Crippen LogP contribution < -0.4 is 16.1 Å². The van der Waals surface area contributed by atoms with Crippen molar-refractivity contribution in [1.29, 1.82) is 0 Å². The summed E-state index contributed by atoms with van der Waals surface area (Å²) in [5.74, 6) is 0. The minimum atomic E-state index is -4.41. The number of aromatic nitrogens is 3. The van der Waals surface area contributed by atoms with Crippen LogP contribution in [0, 0.1) is 0 Å². The number of hydrogen-bond acceptors (Lipinski definition) is 5. The number of sulfonamides is 1. The number of aryl methyl sites for hydroxylation is 1. The van der Waals surface area contributed by atoms with Crippen LogP contribution in [0.25, 0.3) is 22.3 Å². The number of anilines is 1. The fraction of sp³-hybridized carbons (Fsp3) is 0.280. The molecule has 1 fully saturated rings. The molecule has 5 rings (SSSR count). The molecule has 0 aliphatic carbocycles. The van der Waals surface area contributed by atoms with Gasteiger partial charge < -0.3 is 9.88 Å². The maximum absolute atomic E-state index is 13.2. The number of H-pyrrole nitrogens is 1. The predicted octanol–water partition coefficient (Wildman–Crippen LogP) is 2.76. The second kappa shape index (κ2) is 9.17. The average molecular weight is 548 g/mol. The van der Waals surface area contributed by atoms with E-state index >= 15 is 0 Å². The zero-order valence-corrected chi connectivity index (χ0v) is 21.3. The largest absolute Gasteiger partial charge is 0.416 e. The van der Waals surface area contributed by atoms with Crippen molar-refractivity contribution in [3.63, 3.8) is 0 Å². The van der Waals surface area contributed by atoms with Crippen LogP contribution in [0.15, 0.2) is 69.1 Å². The molecule has 0 amide bonds. The molecule has 0 radical (unpaired) electrons. The minimum absolute atomic E-state index is 0.101. The lowest BCUT2D eigenvalue weighted by atomic mass is 10.1. The highest BCUT2D eigenvalue weighted by molar-refractivity contribution is 7.89. The Labute approximate surface area is 215 Å².